The number of pyridine rings is 1. The molecule has 0 saturated carbocycles. The predicted molar refractivity (Wildman–Crippen MR) is 260 cm³/mol. The number of hydrazine groups is 1. The van der Waals surface area contributed by atoms with Crippen LogP contribution in [0.25, 0.3) is 11.3 Å². The van der Waals surface area contributed by atoms with E-state index in [2.05, 4.69) is 41.8 Å². The molecule has 0 spiro atoms. The average Bonchev–Trinajstić information content (AvgIpc) is 4.12. The van der Waals surface area contributed by atoms with Crippen LogP contribution >= 0.6 is 0 Å². The molecule has 7 rings (SSSR count). The average molecular weight is 1130 g/mol. The Kier molecular flexibility index (Phi) is 17.8. The number of ether oxygens (including phenoxy) is 2. The maximum atomic E-state index is 16.0. The minimum atomic E-state index is -5.28. The van der Waals surface area contributed by atoms with Crippen LogP contribution in [0.15, 0.2) is 67.0 Å². The maximum Gasteiger partial charge on any atom is 0.407 e. The SMILES string of the molecule is COC(=O)N[C@H](C(=O)N[C@@H](Cc1ccc(C#Cc2ccc(N3C[C@H]4C[C@@H]3CN4C3COC3)nc2)cc1)[C@@H](O)CN(Cc1c(F)cc(-c2ccn(C(F)F)n2)cc1F)NC(=O)[C@@H](NC(=O)O)C(C)(C)C(F)(F)F)C(C)(C)C(F)(F)F. The van der Waals surface area contributed by atoms with E-state index in [1.807, 2.05) is 22.9 Å². The second-order valence-corrected chi connectivity index (χ2v) is 20.4. The minimum absolute atomic E-state index is 0.187. The molecule has 5 heterocycles. The number of anilines is 1. The molecule has 3 fully saturated rings. The lowest BCUT2D eigenvalue weighted by atomic mass is 9.82. The Morgan fingerprint density at radius 1 is 0.823 bits per heavy atom. The molecule has 79 heavy (non-hydrogen) atoms. The lowest BCUT2D eigenvalue weighted by molar-refractivity contribution is -0.221. The van der Waals surface area contributed by atoms with Crippen molar-refractivity contribution < 1.29 is 82.8 Å². The number of alkyl carbamates (subject to hydrolysis) is 1. The molecule has 4 aromatic rings. The second-order valence-electron chi connectivity index (χ2n) is 20.4. The predicted octanol–water partition coefficient (Wildman–Crippen LogP) is 6.14. The fourth-order valence-electron chi connectivity index (χ4n) is 9.33. The van der Waals surface area contributed by atoms with Crippen molar-refractivity contribution in [2.45, 2.75) is 108 Å². The summed E-state index contributed by atoms with van der Waals surface area (Å²) in [5.41, 5.74) is -4.67. The van der Waals surface area contributed by atoms with Gasteiger partial charge in [0.25, 0.3) is 5.91 Å². The van der Waals surface area contributed by atoms with Crippen LogP contribution in [0.3, 0.4) is 0 Å². The van der Waals surface area contributed by atoms with E-state index in [0.717, 1.165) is 57.9 Å². The number of alkyl halides is 8. The zero-order valence-electron chi connectivity index (χ0n) is 42.9. The fourth-order valence-corrected chi connectivity index (χ4v) is 9.33. The molecule has 6 N–H and O–H groups in total. The quantitative estimate of drug-likeness (QED) is 0.0354. The zero-order valence-corrected chi connectivity index (χ0v) is 42.9. The number of aromatic nitrogens is 3. The molecule has 6 atom stereocenters. The summed E-state index contributed by atoms with van der Waals surface area (Å²) in [7, 11) is 0.811. The molecule has 2 aromatic carbocycles. The first-order chi connectivity index (χ1) is 37.0. The number of aliphatic hydroxyl groups is 1. The molecule has 2 aromatic heterocycles. The number of hydrogen-bond acceptors (Lipinski definition) is 12. The van der Waals surface area contributed by atoms with Crippen LogP contribution < -0.4 is 26.3 Å². The van der Waals surface area contributed by atoms with Gasteiger partial charge in [0, 0.05) is 72.9 Å². The molecule has 3 saturated heterocycles. The van der Waals surface area contributed by atoms with Gasteiger partial charge < -0.3 is 40.5 Å². The number of carbonyl (C=O) groups is 4. The number of piperazine rings is 1. The van der Waals surface area contributed by atoms with Crippen molar-refractivity contribution in [2.24, 2.45) is 10.8 Å². The van der Waals surface area contributed by atoms with Gasteiger partial charge in [-0.15, -0.1) is 0 Å². The van der Waals surface area contributed by atoms with E-state index in [-0.39, 0.29) is 21.5 Å². The molecule has 0 unspecified atom stereocenters. The van der Waals surface area contributed by atoms with Gasteiger partial charge in [0.05, 0.1) is 55.0 Å². The van der Waals surface area contributed by atoms with E-state index in [4.69, 9.17) is 4.74 Å². The first-order valence-corrected chi connectivity index (χ1v) is 24.5. The number of rotatable bonds is 19. The topological polar surface area (TPSA) is 216 Å². The molecule has 3 aliphatic heterocycles. The summed E-state index contributed by atoms with van der Waals surface area (Å²) in [6, 6.07) is 6.24. The Hall–Kier alpha value is -7.22. The van der Waals surface area contributed by atoms with Crippen LogP contribution in [0.5, 0.6) is 0 Å². The third kappa shape index (κ3) is 13.6. The van der Waals surface area contributed by atoms with Crippen molar-refractivity contribution in [3.8, 4) is 23.1 Å². The van der Waals surface area contributed by atoms with Crippen LogP contribution in [0.1, 0.15) is 62.9 Å². The Labute approximate surface area is 445 Å². The van der Waals surface area contributed by atoms with E-state index in [1.54, 1.807) is 6.20 Å². The highest BCUT2D eigenvalue weighted by Crippen LogP contribution is 2.42. The molecular formula is C51H56F10N10O8. The number of carbonyl (C=O) groups excluding carboxylic acids is 3. The van der Waals surface area contributed by atoms with Crippen molar-refractivity contribution in [3.05, 3.63) is 101 Å². The fraction of sp³-hybridized carbons (Fsp3) is 0.490. The number of benzene rings is 2. The highest BCUT2D eigenvalue weighted by Gasteiger charge is 2.57. The number of nitrogens with zero attached hydrogens (tertiary/aromatic N) is 6. The normalized spacial score (nSPS) is 18.5. The molecular weight excluding hydrogens is 1070 g/mol. The first kappa shape index (κ1) is 59.4. The summed E-state index contributed by atoms with van der Waals surface area (Å²) in [6.07, 6.45) is -13.2. The van der Waals surface area contributed by atoms with Gasteiger partial charge >= 0.3 is 31.1 Å². The summed E-state index contributed by atoms with van der Waals surface area (Å²) >= 11 is 0. The molecule has 3 aliphatic rings. The van der Waals surface area contributed by atoms with E-state index in [1.165, 1.54) is 29.6 Å². The van der Waals surface area contributed by atoms with Gasteiger partial charge in [-0.05, 0) is 88.6 Å². The molecule has 0 aliphatic carbocycles. The lowest BCUT2D eigenvalue weighted by Gasteiger charge is -2.42. The van der Waals surface area contributed by atoms with Crippen molar-refractivity contribution in [1.29, 1.82) is 0 Å². The molecule has 0 radical (unpaired) electrons. The molecule has 4 amide bonds. The first-order valence-electron chi connectivity index (χ1n) is 24.5. The van der Waals surface area contributed by atoms with E-state index >= 15 is 8.78 Å². The Balaban J connectivity index is 1.18. The van der Waals surface area contributed by atoms with E-state index in [9.17, 15) is 64.5 Å². The van der Waals surface area contributed by atoms with Gasteiger partial charge in [-0.1, -0.05) is 24.0 Å². The summed E-state index contributed by atoms with van der Waals surface area (Å²) in [5.74, 6) is 0.597. The highest BCUT2D eigenvalue weighted by molar-refractivity contribution is 5.87. The molecule has 18 nitrogen and oxygen atoms in total. The highest BCUT2D eigenvalue weighted by atomic mass is 19.4. The van der Waals surface area contributed by atoms with Crippen LogP contribution in [0.4, 0.5) is 59.3 Å². The lowest BCUT2D eigenvalue weighted by Crippen LogP contribution is -2.63. The number of hydrogen-bond donors (Lipinski definition) is 6. The van der Waals surface area contributed by atoms with Gasteiger partial charge in [-0.2, -0.15) is 40.2 Å². The number of aliphatic hydroxyl groups excluding tert-OH is 1. The van der Waals surface area contributed by atoms with Crippen LogP contribution in [0, 0.1) is 34.3 Å². The van der Waals surface area contributed by atoms with Gasteiger partial charge in [-0.25, -0.2) is 33.0 Å². The number of methoxy groups -OCH3 is 1. The number of likely N-dealkylation sites (tertiary alicyclic amines) is 1. The van der Waals surface area contributed by atoms with Crippen LogP contribution in [-0.4, -0.2) is 154 Å². The Morgan fingerprint density at radius 2 is 1.43 bits per heavy atom. The number of amides is 4. The molecule has 2 bridgehead atoms. The van der Waals surface area contributed by atoms with Gasteiger partial charge in [-0.3, -0.25) is 19.9 Å². The van der Waals surface area contributed by atoms with Gasteiger partial charge in [0.1, 0.15) is 29.5 Å². The maximum absolute atomic E-state index is 16.0. The Morgan fingerprint density at radius 3 is 1.94 bits per heavy atom. The van der Waals surface area contributed by atoms with Crippen molar-refractivity contribution in [1.82, 2.24) is 46.0 Å². The number of carboxylic acid groups (broad SMARTS) is 1. The summed E-state index contributed by atoms with van der Waals surface area (Å²) in [6.45, 7) is -0.117. The Bertz CT molecular complexity index is 2890. The van der Waals surface area contributed by atoms with Crippen molar-refractivity contribution >= 4 is 29.8 Å². The minimum Gasteiger partial charge on any atom is -0.465 e. The summed E-state index contributed by atoms with van der Waals surface area (Å²) < 4.78 is 155. The largest absolute Gasteiger partial charge is 0.465 e. The third-order valence-corrected chi connectivity index (χ3v) is 14.4. The summed E-state index contributed by atoms with van der Waals surface area (Å²) in [5, 5.41) is 31.1. The molecule has 28 heteroatoms. The number of nitrogens with one attached hydrogen (secondary N) is 4. The monoisotopic (exact) mass is 1130 g/mol. The van der Waals surface area contributed by atoms with Gasteiger partial charge in [0.2, 0.25) is 5.91 Å². The number of fused-ring (bicyclic) bond motifs is 2. The molecule has 428 valence electrons. The third-order valence-electron chi connectivity index (χ3n) is 14.4. The van der Waals surface area contributed by atoms with Crippen LogP contribution in [0.2, 0.25) is 0 Å². The standard InChI is InChI=1S/C51H56F10N10O8/c1-48(2,50(56,57)58)41(65-47(77)78-5)43(73)63-38(16-28-9-6-27(7-10-28)8-11-29-12-13-40(62-20-29)70-22-31-19-32(70)21-69(31)33-25-79-26-33)39(72)24-68(67-44(74)42(64-46(75)76)49(3,4)51(59,60)61)23-34-35(52)17-30(18-36(34)53)37-14-15-71(66-37)45(54)55/h6-7,9-10,12-15,17-18,20,31-33,38-39,41-42,45,64,72H,16,19,21-26H2,1-5H3,(H,63,73)(H,65,77)(H,67,74)(H,75,76)/t31-,32-,38+,39+,41-,42-/m1/s1. The second kappa shape index (κ2) is 23.6. The summed E-state index contributed by atoms with van der Waals surface area (Å²) in [4.78, 5) is 61.4. The van der Waals surface area contributed by atoms with Crippen molar-refractivity contribution in [3.63, 3.8) is 0 Å². The van der Waals surface area contributed by atoms with Crippen LogP contribution in [-0.2, 0) is 32.0 Å². The van der Waals surface area contributed by atoms with E-state index < -0.39 is 115 Å². The zero-order chi connectivity index (χ0) is 57.9. The number of halogens is 10. The van der Waals surface area contributed by atoms with E-state index in [0.29, 0.717) is 74.1 Å². The van der Waals surface area contributed by atoms with Gasteiger partial charge in [0.15, 0.2) is 0 Å². The smallest absolute Gasteiger partial charge is 0.407 e. The van der Waals surface area contributed by atoms with Crippen molar-refractivity contribution in [2.75, 3.05) is 44.9 Å².